The molecule has 33 heavy (non-hydrogen) atoms. The summed E-state index contributed by atoms with van der Waals surface area (Å²) in [6.07, 6.45) is 0.688. The van der Waals surface area contributed by atoms with Crippen LogP contribution in [0.3, 0.4) is 0 Å². The summed E-state index contributed by atoms with van der Waals surface area (Å²) < 4.78 is 5.53. The van der Waals surface area contributed by atoms with Crippen molar-refractivity contribution in [1.82, 2.24) is 14.8 Å². The Morgan fingerprint density at radius 1 is 1.12 bits per heavy atom. The van der Waals surface area contributed by atoms with Crippen LogP contribution in [-0.2, 0) is 16.1 Å². The van der Waals surface area contributed by atoms with Gasteiger partial charge in [-0.05, 0) is 57.9 Å². The zero-order valence-corrected chi connectivity index (χ0v) is 19.3. The van der Waals surface area contributed by atoms with Gasteiger partial charge in [-0.2, -0.15) is 5.26 Å². The molecule has 1 aromatic carbocycles. The molecule has 2 amide bonds. The van der Waals surface area contributed by atoms with Crippen LogP contribution in [0.1, 0.15) is 45.0 Å². The van der Waals surface area contributed by atoms with Crippen LogP contribution in [0.5, 0.6) is 0 Å². The van der Waals surface area contributed by atoms with E-state index in [0.717, 1.165) is 5.69 Å². The second-order valence-corrected chi connectivity index (χ2v) is 9.53. The van der Waals surface area contributed by atoms with Crippen molar-refractivity contribution in [2.75, 3.05) is 24.7 Å². The molecule has 3 heterocycles. The summed E-state index contributed by atoms with van der Waals surface area (Å²) in [5.41, 5.74) is 0.691. The molecule has 0 bridgehead atoms. The predicted molar refractivity (Wildman–Crippen MR) is 123 cm³/mol. The van der Waals surface area contributed by atoms with E-state index in [4.69, 9.17) is 10.00 Å². The second kappa shape index (κ2) is 8.74. The number of rotatable bonds is 3. The second-order valence-electron chi connectivity index (χ2n) is 9.53. The van der Waals surface area contributed by atoms with Crippen LogP contribution in [-0.4, -0.2) is 57.7 Å². The Hall–Kier alpha value is -3.60. The summed E-state index contributed by atoms with van der Waals surface area (Å²) in [6.45, 7) is 7.19. The Morgan fingerprint density at radius 2 is 1.82 bits per heavy atom. The molecule has 1 aromatic heterocycles. The number of benzene rings is 1. The predicted octanol–water partition coefficient (Wildman–Crippen LogP) is 3.53. The molecule has 0 radical (unpaired) electrons. The fourth-order valence-electron chi connectivity index (χ4n) is 4.53. The molecule has 2 saturated heterocycles. The fraction of sp³-hybridized carbons (Fsp3) is 0.440. The molecule has 8 nitrogen and oxygen atoms in total. The van der Waals surface area contributed by atoms with Gasteiger partial charge >= 0.3 is 6.09 Å². The minimum absolute atomic E-state index is 0.0272. The van der Waals surface area contributed by atoms with E-state index in [-0.39, 0.29) is 12.0 Å². The van der Waals surface area contributed by atoms with Gasteiger partial charge in [-0.15, -0.1) is 0 Å². The molecule has 2 aromatic rings. The lowest BCUT2D eigenvalue weighted by Gasteiger charge is -2.43. The van der Waals surface area contributed by atoms with E-state index in [1.54, 1.807) is 21.9 Å². The van der Waals surface area contributed by atoms with E-state index in [0.29, 0.717) is 50.5 Å². The molecular weight excluding hydrogens is 418 g/mol. The third-order valence-electron chi connectivity index (χ3n) is 6.10. The highest BCUT2D eigenvalue weighted by Gasteiger charge is 2.54. The molecule has 2 fully saturated rings. The van der Waals surface area contributed by atoms with Gasteiger partial charge in [0, 0.05) is 18.8 Å². The molecule has 0 atom stereocenters. The maximum atomic E-state index is 13.8. The van der Waals surface area contributed by atoms with Crippen molar-refractivity contribution >= 4 is 17.7 Å². The maximum absolute atomic E-state index is 13.8. The summed E-state index contributed by atoms with van der Waals surface area (Å²) in [5, 5.41) is 9.16. The van der Waals surface area contributed by atoms with Crippen LogP contribution >= 0.6 is 0 Å². The van der Waals surface area contributed by atoms with Crippen molar-refractivity contribution in [2.45, 2.75) is 51.3 Å². The number of aromatic nitrogens is 1. The van der Waals surface area contributed by atoms with E-state index in [9.17, 15) is 9.59 Å². The van der Waals surface area contributed by atoms with Crippen molar-refractivity contribution in [2.24, 2.45) is 0 Å². The van der Waals surface area contributed by atoms with Crippen LogP contribution in [0.4, 0.5) is 10.5 Å². The van der Waals surface area contributed by atoms with Crippen molar-refractivity contribution in [3.63, 3.8) is 0 Å². The summed E-state index contributed by atoms with van der Waals surface area (Å²) in [5.74, 6) is 0.0272. The van der Waals surface area contributed by atoms with Gasteiger partial charge in [0.2, 0.25) is 5.91 Å². The van der Waals surface area contributed by atoms with Gasteiger partial charge in [-0.3, -0.25) is 4.79 Å². The molecule has 1 spiro atoms. The van der Waals surface area contributed by atoms with Crippen LogP contribution < -0.4 is 4.90 Å². The summed E-state index contributed by atoms with van der Waals surface area (Å²) in [7, 11) is 0. The number of carbonyl (C=O) groups is 2. The number of amides is 2. The number of likely N-dealkylation sites (tertiary alicyclic amines) is 1. The third-order valence-corrected chi connectivity index (χ3v) is 6.10. The highest BCUT2D eigenvalue weighted by Crippen LogP contribution is 2.40. The standard InChI is InChI=1S/C25H29N5O3/c1-24(2,3)33-23(32)28-14-12-25(13-15-28)22(31)29(17-20-9-7-8-19(16-26)27-20)18-30(25)21-10-5-4-6-11-21/h4-11H,12-15,17-18H2,1-3H3. The average molecular weight is 448 g/mol. The van der Waals surface area contributed by atoms with Crippen LogP contribution in [0.15, 0.2) is 48.5 Å². The molecule has 8 heteroatoms. The summed E-state index contributed by atoms with van der Waals surface area (Å²) >= 11 is 0. The van der Waals surface area contributed by atoms with Gasteiger partial charge in [0.1, 0.15) is 22.9 Å². The van der Waals surface area contributed by atoms with Crippen LogP contribution in [0, 0.1) is 11.3 Å². The summed E-state index contributed by atoms with van der Waals surface area (Å²) in [4.78, 5) is 36.3. The van der Waals surface area contributed by atoms with E-state index in [2.05, 4.69) is 16.0 Å². The molecule has 0 aliphatic carbocycles. The normalized spacial score (nSPS) is 17.9. The lowest BCUT2D eigenvalue weighted by molar-refractivity contribution is -0.134. The van der Waals surface area contributed by atoms with Gasteiger partial charge in [-0.1, -0.05) is 24.3 Å². The lowest BCUT2D eigenvalue weighted by atomic mass is 9.85. The minimum Gasteiger partial charge on any atom is -0.444 e. The van der Waals surface area contributed by atoms with Crippen molar-refractivity contribution < 1.29 is 14.3 Å². The zero-order chi connectivity index (χ0) is 23.6. The molecule has 0 saturated carbocycles. The number of piperidine rings is 1. The number of nitrogens with zero attached hydrogens (tertiary/aromatic N) is 5. The molecule has 2 aliphatic heterocycles. The lowest BCUT2D eigenvalue weighted by Crippen LogP contribution is -2.57. The largest absolute Gasteiger partial charge is 0.444 e. The minimum atomic E-state index is -0.729. The molecular formula is C25H29N5O3. The Bertz CT molecular complexity index is 1070. The van der Waals surface area contributed by atoms with Gasteiger partial charge in [0.25, 0.3) is 0 Å². The van der Waals surface area contributed by atoms with E-state index in [1.165, 1.54) is 0 Å². The van der Waals surface area contributed by atoms with Gasteiger partial charge in [0.15, 0.2) is 0 Å². The monoisotopic (exact) mass is 447 g/mol. The highest BCUT2D eigenvalue weighted by molar-refractivity contribution is 5.93. The third kappa shape index (κ3) is 4.63. The molecule has 2 aliphatic rings. The molecule has 0 N–H and O–H groups in total. The Labute approximate surface area is 194 Å². The van der Waals surface area contributed by atoms with Gasteiger partial charge in [-0.25, -0.2) is 9.78 Å². The van der Waals surface area contributed by atoms with Crippen molar-refractivity contribution in [3.8, 4) is 6.07 Å². The zero-order valence-electron chi connectivity index (χ0n) is 19.3. The fourth-order valence-corrected chi connectivity index (χ4v) is 4.53. The number of ether oxygens (including phenoxy) is 1. The first-order valence-corrected chi connectivity index (χ1v) is 11.2. The number of hydrogen-bond donors (Lipinski definition) is 0. The SMILES string of the molecule is CC(C)(C)OC(=O)N1CCC2(CC1)C(=O)N(Cc1cccc(C#N)n1)CN2c1ccccc1. The first-order chi connectivity index (χ1) is 15.7. The van der Waals surface area contributed by atoms with E-state index < -0.39 is 11.1 Å². The Kier molecular flexibility index (Phi) is 5.98. The van der Waals surface area contributed by atoms with Crippen LogP contribution in [0.25, 0.3) is 0 Å². The first-order valence-electron chi connectivity index (χ1n) is 11.2. The number of carbonyl (C=O) groups excluding carboxylic acids is 2. The maximum Gasteiger partial charge on any atom is 0.410 e. The van der Waals surface area contributed by atoms with Crippen molar-refractivity contribution in [3.05, 3.63) is 59.9 Å². The molecule has 172 valence electrons. The average Bonchev–Trinajstić information content (AvgIpc) is 3.05. The van der Waals surface area contributed by atoms with E-state index in [1.807, 2.05) is 57.2 Å². The topological polar surface area (TPSA) is 89.8 Å². The number of hydrogen-bond acceptors (Lipinski definition) is 6. The molecule has 4 rings (SSSR count). The quantitative estimate of drug-likeness (QED) is 0.715. The number of para-hydroxylation sites is 1. The molecule has 0 unspecified atom stereocenters. The van der Waals surface area contributed by atoms with Gasteiger partial charge in [0.05, 0.1) is 18.9 Å². The number of pyridine rings is 1. The van der Waals surface area contributed by atoms with Crippen LogP contribution in [0.2, 0.25) is 0 Å². The smallest absolute Gasteiger partial charge is 0.410 e. The number of nitriles is 1. The summed E-state index contributed by atoms with van der Waals surface area (Å²) in [6, 6.07) is 17.2. The van der Waals surface area contributed by atoms with Crippen molar-refractivity contribution in [1.29, 1.82) is 5.26 Å². The Balaban J connectivity index is 1.57. The number of anilines is 1. The first kappa shape index (κ1) is 22.6. The van der Waals surface area contributed by atoms with Gasteiger partial charge < -0.3 is 19.4 Å². The van der Waals surface area contributed by atoms with E-state index >= 15 is 0 Å². The Morgan fingerprint density at radius 3 is 2.45 bits per heavy atom. The highest BCUT2D eigenvalue weighted by atomic mass is 16.6.